The summed E-state index contributed by atoms with van der Waals surface area (Å²) >= 11 is 2.03. The molecule has 0 radical (unpaired) electrons. The van der Waals surface area contributed by atoms with Crippen LogP contribution in [0.1, 0.15) is 97.1 Å². The van der Waals surface area contributed by atoms with Crippen LogP contribution < -0.4 is 0 Å². The average Bonchev–Trinajstić information content (AvgIpc) is 2.64. The SMILES string of the molecule is CC(C)OCCSCCCCCCCCCC#Cc1ccc(C(C)(C)C)cc1. The molecule has 1 aromatic carbocycles. The van der Waals surface area contributed by atoms with E-state index in [-0.39, 0.29) is 5.41 Å². The standard InChI is InChI=1S/C26H42OS/c1-23(2)27-20-22-28-21-14-12-10-8-6-7-9-11-13-15-24-16-18-25(19-17-24)26(3,4)5/h16-19,23H,6-12,14,20-22H2,1-5H3. The fourth-order valence-corrected chi connectivity index (χ4v) is 3.79. The maximum Gasteiger partial charge on any atom is 0.0560 e. The van der Waals surface area contributed by atoms with Gasteiger partial charge in [0.1, 0.15) is 0 Å². The van der Waals surface area contributed by atoms with Crippen molar-refractivity contribution >= 4 is 11.8 Å². The van der Waals surface area contributed by atoms with E-state index in [2.05, 4.69) is 70.7 Å². The number of unbranched alkanes of at least 4 members (excludes halogenated alkanes) is 7. The predicted molar refractivity (Wildman–Crippen MR) is 127 cm³/mol. The molecular weight excluding hydrogens is 360 g/mol. The number of hydrogen-bond donors (Lipinski definition) is 0. The summed E-state index contributed by atoms with van der Waals surface area (Å²) in [6, 6.07) is 8.73. The van der Waals surface area contributed by atoms with Crippen molar-refractivity contribution in [1.82, 2.24) is 0 Å². The molecule has 1 aromatic rings. The van der Waals surface area contributed by atoms with Crippen LogP contribution in [0, 0.1) is 11.8 Å². The monoisotopic (exact) mass is 402 g/mol. The Kier molecular flexibility index (Phi) is 13.5. The molecule has 0 amide bonds. The van der Waals surface area contributed by atoms with Crippen LogP contribution in [-0.2, 0) is 10.2 Å². The summed E-state index contributed by atoms with van der Waals surface area (Å²) in [6.07, 6.45) is 10.8. The van der Waals surface area contributed by atoms with Crippen molar-refractivity contribution < 1.29 is 4.74 Å². The van der Waals surface area contributed by atoms with Gasteiger partial charge < -0.3 is 4.74 Å². The molecule has 0 aliphatic rings. The van der Waals surface area contributed by atoms with Gasteiger partial charge in [-0.05, 0) is 55.6 Å². The lowest BCUT2D eigenvalue weighted by molar-refractivity contribution is 0.0920. The van der Waals surface area contributed by atoms with Gasteiger partial charge in [0.15, 0.2) is 0 Å². The lowest BCUT2D eigenvalue weighted by Gasteiger charge is -2.18. The van der Waals surface area contributed by atoms with E-state index in [9.17, 15) is 0 Å². The highest BCUT2D eigenvalue weighted by atomic mass is 32.2. The van der Waals surface area contributed by atoms with Gasteiger partial charge in [-0.15, -0.1) is 0 Å². The van der Waals surface area contributed by atoms with Gasteiger partial charge in [-0.3, -0.25) is 0 Å². The Morgan fingerprint density at radius 2 is 1.46 bits per heavy atom. The molecule has 0 spiro atoms. The van der Waals surface area contributed by atoms with E-state index in [1.165, 1.54) is 56.3 Å². The first kappa shape index (κ1) is 25.1. The lowest BCUT2D eigenvalue weighted by Crippen LogP contribution is -2.10. The smallest absolute Gasteiger partial charge is 0.0560 e. The summed E-state index contributed by atoms with van der Waals surface area (Å²) in [4.78, 5) is 0. The molecule has 28 heavy (non-hydrogen) atoms. The van der Waals surface area contributed by atoms with Crippen molar-refractivity contribution in [1.29, 1.82) is 0 Å². The molecule has 0 aliphatic carbocycles. The number of thioether (sulfide) groups is 1. The van der Waals surface area contributed by atoms with E-state index < -0.39 is 0 Å². The zero-order chi connectivity index (χ0) is 20.7. The first-order valence-corrected chi connectivity index (χ1v) is 12.3. The molecule has 1 nitrogen and oxygen atoms in total. The molecule has 0 unspecified atom stereocenters. The topological polar surface area (TPSA) is 9.23 Å². The summed E-state index contributed by atoms with van der Waals surface area (Å²) in [5, 5.41) is 0. The average molecular weight is 403 g/mol. The molecule has 158 valence electrons. The Morgan fingerprint density at radius 3 is 2.07 bits per heavy atom. The third kappa shape index (κ3) is 13.3. The summed E-state index contributed by atoms with van der Waals surface area (Å²) < 4.78 is 5.55. The van der Waals surface area contributed by atoms with Gasteiger partial charge in [0, 0.05) is 17.7 Å². The van der Waals surface area contributed by atoms with Crippen molar-refractivity contribution in [3.05, 3.63) is 35.4 Å². The maximum absolute atomic E-state index is 5.55. The fraction of sp³-hybridized carbons (Fsp3) is 0.692. The minimum atomic E-state index is 0.215. The van der Waals surface area contributed by atoms with Crippen molar-refractivity contribution in [2.24, 2.45) is 0 Å². The zero-order valence-corrected chi connectivity index (χ0v) is 19.8. The van der Waals surface area contributed by atoms with Crippen LogP contribution in [0.3, 0.4) is 0 Å². The molecule has 1 rings (SSSR count). The van der Waals surface area contributed by atoms with Crippen LogP contribution in [0.4, 0.5) is 0 Å². The molecule has 0 saturated heterocycles. The molecule has 0 aromatic heterocycles. The second-order valence-corrected chi connectivity index (χ2v) is 10.1. The first-order chi connectivity index (χ1) is 13.4. The summed E-state index contributed by atoms with van der Waals surface area (Å²) in [5.41, 5.74) is 2.73. The minimum absolute atomic E-state index is 0.215. The molecule has 0 atom stereocenters. The van der Waals surface area contributed by atoms with Gasteiger partial charge in [0.25, 0.3) is 0 Å². The van der Waals surface area contributed by atoms with Crippen molar-refractivity contribution in [3.63, 3.8) is 0 Å². The maximum atomic E-state index is 5.55. The quantitative estimate of drug-likeness (QED) is 0.248. The lowest BCUT2D eigenvalue weighted by atomic mass is 9.87. The molecular formula is C26H42OS. The summed E-state index contributed by atoms with van der Waals surface area (Å²) in [6.45, 7) is 11.8. The molecule has 2 heteroatoms. The van der Waals surface area contributed by atoms with Crippen molar-refractivity contribution in [2.75, 3.05) is 18.1 Å². The summed E-state index contributed by atoms with van der Waals surface area (Å²) in [5.74, 6) is 9.07. The third-order valence-electron chi connectivity index (χ3n) is 4.75. The van der Waals surface area contributed by atoms with Gasteiger partial charge in [-0.2, -0.15) is 11.8 Å². The highest BCUT2D eigenvalue weighted by molar-refractivity contribution is 7.99. The van der Waals surface area contributed by atoms with E-state index >= 15 is 0 Å². The number of ether oxygens (including phenoxy) is 1. The molecule has 0 bridgehead atoms. The largest absolute Gasteiger partial charge is 0.378 e. The van der Waals surface area contributed by atoms with Gasteiger partial charge >= 0.3 is 0 Å². The van der Waals surface area contributed by atoms with Crippen LogP contribution in [-0.4, -0.2) is 24.2 Å². The molecule has 0 N–H and O–H groups in total. The van der Waals surface area contributed by atoms with E-state index in [1.807, 2.05) is 11.8 Å². The van der Waals surface area contributed by atoms with Crippen LogP contribution in [0.25, 0.3) is 0 Å². The van der Waals surface area contributed by atoms with Crippen LogP contribution in [0.15, 0.2) is 24.3 Å². The van der Waals surface area contributed by atoms with E-state index in [0.29, 0.717) is 6.10 Å². The van der Waals surface area contributed by atoms with Crippen LogP contribution >= 0.6 is 11.8 Å². The van der Waals surface area contributed by atoms with Gasteiger partial charge in [-0.1, -0.05) is 76.8 Å². The molecule has 0 heterocycles. The second kappa shape index (κ2) is 15.0. The molecule has 0 aliphatic heterocycles. The van der Waals surface area contributed by atoms with Crippen LogP contribution in [0.5, 0.6) is 0 Å². The van der Waals surface area contributed by atoms with E-state index in [1.54, 1.807) is 0 Å². The first-order valence-electron chi connectivity index (χ1n) is 11.2. The predicted octanol–water partition coefficient (Wildman–Crippen LogP) is 7.61. The normalized spacial score (nSPS) is 11.5. The van der Waals surface area contributed by atoms with Gasteiger partial charge in [0.2, 0.25) is 0 Å². The number of benzene rings is 1. The van der Waals surface area contributed by atoms with Gasteiger partial charge in [0.05, 0.1) is 12.7 Å². The Bertz CT molecular complexity index is 557. The Hall–Kier alpha value is -0.910. The number of hydrogen-bond acceptors (Lipinski definition) is 2. The van der Waals surface area contributed by atoms with Crippen LogP contribution in [0.2, 0.25) is 0 Å². The fourth-order valence-electron chi connectivity index (χ4n) is 2.96. The van der Waals surface area contributed by atoms with E-state index in [4.69, 9.17) is 4.74 Å². The Morgan fingerprint density at radius 1 is 0.857 bits per heavy atom. The second-order valence-electron chi connectivity index (χ2n) is 8.89. The highest BCUT2D eigenvalue weighted by Crippen LogP contribution is 2.22. The zero-order valence-electron chi connectivity index (χ0n) is 19.0. The van der Waals surface area contributed by atoms with E-state index in [0.717, 1.165) is 24.3 Å². The van der Waals surface area contributed by atoms with Gasteiger partial charge in [-0.25, -0.2) is 0 Å². The number of rotatable bonds is 13. The Labute approximate surface area is 179 Å². The van der Waals surface area contributed by atoms with Crippen molar-refractivity contribution in [3.8, 4) is 11.8 Å². The molecule has 0 saturated carbocycles. The summed E-state index contributed by atoms with van der Waals surface area (Å²) in [7, 11) is 0. The Balaban J connectivity index is 1.94. The third-order valence-corrected chi connectivity index (χ3v) is 5.79. The highest BCUT2D eigenvalue weighted by Gasteiger charge is 2.12. The molecule has 0 fully saturated rings. The minimum Gasteiger partial charge on any atom is -0.378 e. The van der Waals surface area contributed by atoms with Crippen molar-refractivity contribution in [2.45, 2.75) is 97.5 Å².